The maximum absolute atomic E-state index is 12.8. The van der Waals surface area contributed by atoms with Crippen LogP contribution in [0.25, 0.3) is 0 Å². The predicted octanol–water partition coefficient (Wildman–Crippen LogP) is 2.68. The third-order valence-electron chi connectivity index (χ3n) is 3.51. The van der Waals surface area contributed by atoms with Gasteiger partial charge in [0.25, 0.3) is 5.91 Å². The fraction of sp³-hybridized carbons (Fsp3) is 0.562. The Balaban J connectivity index is 2.24. The number of nitrogens with zero attached hydrogens (tertiary/aromatic N) is 1. The number of hydrogen-bond donors (Lipinski definition) is 1. The van der Waals surface area contributed by atoms with Gasteiger partial charge in [-0.2, -0.15) is 0 Å². The van der Waals surface area contributed by atoms with E-state index < -0.39 is 0 Å². The Morgan fingerprint density at radius 1 is 1.50 bits per heavy atom. The third-order valence-corrected chi connectivity index (χ3v) is 3.51. The normalized spacial score (nSPS) is 19.6. The first-order valence-electron chi connectivity index (χ1n) is 7.37. The van der Waals surface area contributed by atoms with Gasteiger partial charge in [-0.1, -0.05) is 11.6 Å². The van der Waals surface area contributed by atoms with Crippen LogP contribution in [0.5, 0.6) is 0 Å². The molecule has 4 nitrogen and oxygen atoms in total. The second-order valence-corrected chi connectivity index (χ2v) is 5.37. The quantitative estimate of drug-likeness (QED) is 0.923. The summed E-state index contributed by atoms with van der Waals surface area (Å²) in [5, 5.41) is 3.27. The molecular weight excluding hydrogens is 252 g/mol. The number of rotatable bonds is 3. The van der Waals surface area contributed by atoms with Gasteiger partial charge in [0, 0.05) is 31.9 Å². The molecule has 0 spiro atoms. The first-order chi connectivity index (χ1) is 9.61. The third kappa shape index (κ3) is 3.51. The standard InChI is InChI=1S/C16H24N2O2/c1-4-17-15-7-6-12(2)10-14(15)16(19)18-8-5-9-20-13(3)11-18/h6-7,10,13,17H,4-5,8-9,11H2,1-3H3. The van der Waals surface area contributed by atoms with Crippen LogP contribution in [0, 0.1) is 6.92 Å². The lowest BCUT2D eigenvalue weighted by molar-refractivity contribution is 0.0563. The Bertz CT molecular complexity index is 474. The molecule has 20 heavy (non-hydrogen) atoms. The molecule has 1 N–H and O–H groups in total. The number of carbonyl (C=O) groups is 1. The molecule has 1 aromatic rings. The summed E-state index contributed by atoms with van der Waals surface area (Å²) in [5.41, 5.74) is 2.79. The molecule has 0 saturated carbocycles. The van der Waals surface area contributed by atoms with E-state index in [1.54, 1.807) is 0 Å². The molecule has 0 aromatic heterocycles. The number of nitrogens with one attached hydrogen (secondary N) is 1. The summed E-state index contributed by atoms with van der Waals surface area (Å²) >= 11 is 0. The fourth-order valence-corrected chi connectivity index (χ4v) is 2.53. The fourth-order valence-electron chi connectivity index (χ4n) is 2.53. The highest BCUT2D eigenvalue weighted by molar-refractivity contribution is 5.99. The first-order valence-corrected chi connectivity index (χ1v) is 7.37. The Hall–Kier alpha value is -1.55. The Morgan fingerprint density at radius 3 is 3.05 bits per heavy atom. The van der Waals surface area contributed by atoms with Gasteiger partial charge in [0.05, 0.1) is 11.7 Å². The number of ether oxygens (including phenoxy) is 1. The molecule has 1 aliphatic rings. The van der Waals surface area contributed by atoms with Crippen molar-refractivity contribution in [2.24, 2.45) is 0 Å². The molecule has 1 saturated heterocycles. The zero-order chi connectivity index (χ0) is 14.5. The minimum Gasteiger partial charge on any atom is -0.385 e. The van der Waals surface area contributed by atoms with Crippen LogP contribution < -0.4 is 5.32 Å². The van der Waals surface area contributed by atoms with Gasteiger partial charge in [-0.15, -0.1) is 0 Å². The van der Waals surface area contributed by atoms with E-state index in [-0.39, 0.29) is 12.0 Å². The average Bonchev–Trinajstić information content (AvgIpc) is 2.65. The lowest BCUT2D eigenvalue weighted by Crippen LogP contribution is -2.36. The van der Waals surface area contributed by atoms with Crippen molar-refractivity contribution in [3.8, 4) is 0 Å². The minimum absolute atomic E-state index is 0.0991. The maximum Gasteiger partial charge on any atom is 0.256 e. The van der Waals surface area contributed by atoms with E-state index in [0.29, 0.717) is 6.54 Å². The largest absolute Gasteiger partial charge is 0.385 e. The molecule has 1 heterocycles. The summed E-state index contributed by atoms with van der Waals surface area (Å²) in [4.78, 5) is 14.7. The van der Waals surface area contributed by atoms with Crippen LogP contribution in [0.3, 0.4) is 0 Å². The van der Waals surface area contributed by atoms with Gasteiger partial charge in [-0.3, -0.25) is 4.79 Å². The minimum atomic E-state index is 0.0991. The van der Waals surface area contributed by atoms with Crippen LogP contribution in [-0.2, 0) is 4.74 Å². The van der Waals surface area contributed by atoms with Crippen LogP contribution in [0.15, 0.2) is 18.2 Å². The molecule has 1 fully saturated rings. The van der Waals surface area contributed by atoms with Crippen LogP contribution >= 0.6 is 0 Å². The summed E-state index contributed by atoms with van der Waals surface area (Å²) in [6.07, 6.45) is 1.01. The highest BCUT2D eigenvalue weighted by Crippen LogP contribution is 2.20. The van der Waals surface area contributed by atoms with Crippen LogP contribution in [-0.4, -0.2) is 43.2 Å². The highest BCUT2D eigenvalue weighted by Gasteiger charge is 2.23. The molecule has 1 unspecified atom stereocenters. The lowest BCUT2D eigenvalue weighted by Gasteiger charge is -2.23. The van der Waals surface area contributed by atoms with Crippen molar-refractivity contribution in [2.45, 2.75) is 33.3 Å². The number of hydrogen-bond acceptors (Lipinski definition) is 3. The molecule has 110 valence electrons. The Labute approximate surface area is 121 Å². The molecular formula is C16H24N2O2. The number of aryl methyl sites for hydroxylation is 1. The molecule has 0 aliphatic carbocycles. The van der Waals surface area contributed by atoms with Gasteiger partial charge in [-0.25, -0.2) is 0 Å². The van der Waals surface area contributed by atoms with E-state index in [9.17, 15) is 4.79 Å². The van der Waals surface area contributed by atoms with E-state index in [1.165, 1.54) is 0 Å². The van der Waals surface area contributed by atoms with Crippen molar-refractivity contribution < 1.29 is 9.53 Å². The van der Waals surface area contributed by atoms with Gasteiger partial charge in [0.2, 0.25) is 0 Å². The SMILES string of the molecule is CCNc1ccc(C)cc1C(=O)N1CCCOC(C)C1. The van der Waals surface area contributed by atoms with Crippen molar-refractivity contribution in [3.05, 3.63) is 29.3 Å². The second kappa shape index (κ2) is 6.75. The number of amides is 1. The van der Waals surface area contributed by atoms with E-state index in [1.807, 2.05) is 43.9 Å². The Kier molecular flexibility index (Phi) is 5.01. The molecule has 4 heteroatoms. The summed E-state index contributed by atoms with van der Waals surface area (Å²) in [7, 11) is 0. The van der Waals surface area contributed by atoms with E-state index in [4.69, 9.17) is 4.74 Å². The van der Waals surface area contributed by atoms with E-state index >= 15 is 0 Å². The molecule has 1 aromatic carbocycles. The number of anilines is 1. The zero-order valence-electron chi connectivity index (χ0n) is 12.6. The second-order valence-electron chi connectivity index (χ2n) is 5.37. The molecule has 0 bridgehead atoms. The summed E-state index contributed by atoms with van der Waals surface area (Å²) < 4.78 is 5.61. The molecule has 1 aliphatic heterocycles. The maximum atomic E-state index is 12.8. The molecule has 1 atom stereocenters. The summed E-state index contributed by atoms with van der Waals surface area (Å²) in [6.45, 7) is 9.05. The van der Waals surface area contributed by atoms with Crippen molar-refractivity contribution in [1.29, 1.82) is 0 Å². The lowest BCUT2D eigenvalue weighted by atomic mass is 10.1. The van der Waals surface area contributed by atoms with E-state index in [0.717, 1.165) is 42.9 Å². The average molecular weight is 276 g/mol. The molecule has 2 rings (SSSR count). The monoisotopic (exact) mass is 276 g/mol. The van der Waals surface area contributed by atoms with Gasteiger partial charge >= 0.3 is 0 Å². The molecule has 0 radical (unpaired) electrons. The first kappa shape index (κ1) is 14.9. The summed E-state index contributed by atoms with van der Waals surface area (Å²) in [5.74, 6) is 0.0991. The number of benzene rings is 1. The van der Waals surface area contributed by atoms with Gasteiger partial charge in [0.15, 0.2) is 0 Å². The van der Waals surface area contributed by atoms with Crippen LogP contribution in [0.2, 0.25) is 0 Å². The smallest absolute Gasteiger partial charge is 0.256 e. The van der Waals surface area contributed by atoms with Crippen LogP contribution in [0.4, 0.5) is 5.69 Å². The van der Waals surface area contributed by atoms with Crippen LogP contribution in [0.1, 0.15) is 36.2 Å². The number of carbonyl (C=O) groups excluding carboxylic acids is 1. The Morgan fingerprint density at radius 2 is 2.30 bits per heavy atom. The van der Waals surface area contributed by atoms with Gasteiger partial charge in [0.1, 0.15) is 0 Å². The zero-order valence-corrected chi connectivity index (χ0v) is 12.6. The summed E-state index contributed by atoms with van der Waals surface area (Å²) in [6, 6.07) is 5.99. The predicted molar refractivity (Wildman–Crippen MR) is 81.3 cm³/mol. The highest BCUT2D eigenvalue weighted by atomic mass is 16.5. The van der Waals surface area contributed by atoms with E-state index in [2.05, 4.69) is 5.32 Å². The molecule has 1 amide bonds. The van der Waals surface area contributed by atoms with Gasteiger partial charge in [-0.05, 0) is 39.3 Å². The van der Waals surface area contributed by atoms with Crippen molar-refractivity contribution in [2.75, 3.05) is 31.6 Å². The van der Waals surface area contributed by atoms with Crippen molar-refractivity contribution >= 4 is 11.6 Å². The topological polar surface area (TPSA) is 41.6 Å². The van der Waals surface area contributed by atoms with Crippen molar-refractivity contribution in [3.63, 3.8) is 0 Å². The van der Waals surface area contributed by atoms with Gasteiger partial charge < -0.3 is 15.0 Å². The van der Waals surface area contributed by atoms with Crippen molar-refractivity contribution in [1.82, 2.24) is 4.90 Å².